The Morgan fingerprint density at radius 3 is 1.93 bits per heavy atom. The van der Waals surface area contributed by atoms with Crippen LogP contribution in [0.2, 0.25) is 0 Å². The summed E-state index contributed by atoms with van der Waals surface area (Å²) in [7, 11) is 3.02. The molecule has 11 heteroatoms. The zero-order chi connectivity index (χ0) is 42.1. The van der Waals surface area contributed by atoms with Gasteiger partial charge in [0, 0.05) is 33.6 Å². The SMILES string of the molecule is COc1ccc2c(c1CNC(=O)[C@H](Cc1ccc(O)cc1)NC(C)(C)CC(=O)OCC1c3ccccc3-c3ccccc31)Oc1c(ccc(OC)c1CC(=O)O)C2(C)C. The molecular weight excluding hydrogens is 749 g/mol. The Morgan fingerprint density at radius 1 is 0.797 bits per heavy atom. The fourth-order valence-electron chi connectivity index (χ4n) is 8.48. The Balaban J connectivity index is 1.11. The van der Waals surface area contributed by atoms with Crippen molar-refractivity contribution in [3.63, 3.8) is 0 Å². The van der Waals surface area contributed by atoms with Gasteiger partial charge in [-0.1, -0.05) is 86.6 Å². The van der Waals surface area contributed by atoms with E-state index in [2.05, 4.69) is 34.9 Å². The second-order valence-electron chi connectivity index (χ2n) is 16.3. The molecular formula is C48H50N2O9. The van der Waals surface area contributed by atoms with Crippen LogP contribution in [0.1, 0.15) is 79.0 Å². The van der Waals surface area contributed by atoms with Gasteiger partial charge in [0.2, 0.25) is 5.91 Å². The Labute approximate surface area is 344 Å². The van der Waals surface area contributed by atoms with Gasteiger partial charge in [-0.25, -0.2) is 0 Å². The molecule has 7 rings (SSSR count). The first-order valence-corrected chi connectivity index (χ1v) is 19.7. The monoisotopic (exact) mass is 798 g/mol. The van der Waals surface area contributed by atoms with E-state index in [-0.39, 0.29) is 50.0 Å². The Hall–Kier alpha value is -6.33. The summed E-state index contributed by atoms with van der Waals surface area (Å²) in [4.78, 5) is 39.8. The molecule has 11 nitrogen and oxygen atoms in total. The number of amides is 1. The number of aromatic hydroxyl groups is 1. The molecule has 0 unspecified atom stereocenters. The van der Waals surface area contributed by atoms with E-state index in [1.807, 2.05) is 70.2 Å². The van der Waals surface area contributed by atoms with Gasteiger partial charge in [0.15, 0.2) is 0 Å². The van der Waals surface area contributed by atoms with Crippen LogP contribution in [0.3, 0.4) is 0 Å². The second-order valence-corrected chi connectivity index (χ2v) is 16.3. The minimum atomic E-state index is -1.03. The maximum absolute atomic E-state index is 14.3. The van der Waals surface area contributed by atoms with Gasteiger partial charge in [-0.05, 0) is 72.4 Å². The number of phenols is 1. The van der Waals surface area contributed by atoms with Gasteiger partial charge < -0.3 is 34.5 Å². The number of carboxylic acid groups (broad SMARTS) is 1. The van der Waals surface area contributed by atoms with Gasteiger partial charge in [-0.15, -0.1) is 0 Å². The van der Waals surface area contributed by atoms with Crippen molar-refractivity contribution in [2.24, 2.45) is 0 Å². The van der Waals surface area contributed by atoms with Crippen LogP contribution in [0, 0.1) is 0 Å². The lowest BCUT2D eigenvalue weighted by atomic mass is 9.74. The van der Waals surface area contributed by atoms with Crippen LogP contribution in [0.15, 0.2) is 97.1 Å². The molecule has 59 heavy (non-hydrogen) atoms. The lowest BCUT2D eigenvalue weighted by Gasteiger charge is -2.37. The van der Waals surface area contributed by atoms with Crippen molar-refractivity contribution in [3.05, 3.63) is 136 Å². The molecule has 5 aromatic carbocycles. The maximum Gasteiger partial charge on any atom is 0.308 e. The standard InChI is InChI=1S/C48H50N2O9/c1-47(2,25-43(54)58-27-36-32-13-9-7-11-30(32)31-12-8-10-14-33(31)36)50-39(23-28-15-17-29(51)18-16-28)46(55)49-26-35-41(57-6)22-20-38-45(35)59-44-34(24-42(52)53)40(56-5)21-19-37(44)48(38,3)4/h7-22,36,39,50-51H,23-27H2,1-6H3,(H,49,55)(H,52,53)/t39-/m0/s1. The number of methoxy groups -OCH3 is 2. The summed E-state index contributed by atoms with van der Waals surface area (Å²) in [5, 5.41) is 26.3. The van der Waals surface area contributed by atoms with E-state index in [9.17, 15) is 24.6 Å². The smallest absolute Gasteiger partial charge is 0.308 e. The number of fused-ring (bicyclic) bond motifs is 5. The first kappa shape index (κ1) is 40.9. The average Bonchev–Trinajstić information content (AvgIpc) is 3.52. The number of carbonyl (C=O) groups excluding carboxylic acids is 2. The van der Waals surface area contributed by atoms with Crippen molar-refractivity contribution < 1.29 is 43.5 Å². The molecule has 0 aromatic heterocycles. The van der Waals surface area contributed by atoms with Crippen LogP contribution >= 0.6 is 0 Å². The lowest BCUT2D eigenvalue weighted by Crippen LogP contribution is -2.54. The number of hydrogen-bond acceptors (Lipinski definition) is 9. The Kier molecular flexibility index (Phi) is 11.4. The van der Waals surface area contributed by atoms with Crippen molar-refractivity contribution in [3.8, 4) is 39.9 Å². The van der Waals surface area contributed by atoms with Crippen LogP contribution in [-0.2, 0) is 43.9 Å². The number of carbonyl (C=O) groups is 3. The van der Waals surface area contributed by atoms with E-state index in [0.29, 0.717) is 34.1 Å². The minimum absolute atomic E-state index is 0.00709. The van der Waals surface area contributed by atoms with Crippen LogP contribution in [-0.4, -0.2) is 60.5 Å². The number of phenolic OH excluding ortho intramolecular Hbond substituents is 1. The molecule has 0 saturated heterocycles. The van der Waals surface area contributed by atoms with Gasteiger partial charge in [-0.3, -0.25) is 19.7 Å². The zero-order valence-corrected chi connectivity index (χ0v) is 34.2. The molecule has 1 heterocycles. The largest absolute Gasteiger partial charge is 0.508 e. The predicted octanol–water partition coefficient (Wildman–Crippen LogP) is 7.81. The van der Waals surface area contributed by atoms with E-state index in [0.717, 1.165) is 38.9 Å². The average molecular weight is 799 g/mol. The molecule has 0 radical (unpaired) electrons. The first-order chi connectivity index (χ1) is 28.2. The topological polar surface area (TPSA) is 153 Å². The second kappa shape index (κ2) is 16.5. The van der Waals surface area contributed by atoms with E-state index < -0.39 is 28.9 Å². The van der Waals surface area contributed by atoms with Crippen LogP contribution in [0.5, 0.6) is 28.7 Å². The number of hydrogen-bond donors (Lipinski definition) is 4. The molecule has 1 amide bonds. The van der Waals surface area contributed by atoms with Crippen molar-refractivity contribution in [1.29, 1.82) is 0 Å². The van der Waals surface area contributed by atoms with E-state index >= 15 is 0 Å². The predicted molar refractivity (Wildman–Crippen MR) is 223 cm³/mol. The summed E-state index contributed by atoms with van der Waals surface area (Å²) in [5.41, 5.74) is 6.47. The third-order valence-electron chi connectivity index (χ3n) is 11.4. The number of nitrogens with one attached hydrogen (secondary N) is 2. The van der Waals surface area contributed by atoms with Crippen LogP contribution in [0.25, 0.3) is 11.1 Å². The van der Waals surface area contributed by atoms with Crippen molar-refractivity contribution in [2.75, 3.05) is 20.8 Å². The van der Waals surface area contributed by atoms with E-state index in [1.165, 1.54) is 14.2 Å². The highest BCUT2D eigenvalue weighted by molar-refractivity contribution is 5.83. The molecule has 4 N–H and O–H groups in total. The molecule has 0 saturated carbocycles. The molecule has 306 valence electrons. The molecule has 0 fully saturated rings. The van der Waals surface area contributed by atoms with E-state index in [1.54, 1.807) is 30.3 Å². The summed E-state index contributed by atoms with van der Waals surface area (Å²) in [5.74, 6) is -0.0207. The van der Waals surface area contributed by atoms with Crippen LogP contribution < -0.4 is 24.8 Å². The van der Waals surface area contributed by atoms with Crippen molar-refractivity contribution in [2.45, 2.75) is 76.4 Å². The molecule has 1 aliphatic heterocycles. The fourth-order valence-corrected chi connectivity index (χ4v) is 8.48. The van der Waals surface area contributed by atoms with Gasteiger partial charge in [0.25, 0.3) is 0 Å². The highest BCUT2D eigenvalue weighted by Gasteiger charge is 2.39. The molecule has 0 spiro atoms. The molecule has 2 aliphatic rings. The highest BCUT2D eigenvalue weighted by Crippen LogP contribution is 2.53. The summed E-state index contributed by atoms with van der Waals surface area (Å²) < 4.78 is 23.9. The Bertz CT molecular complexity index is 2360. The number of rotatable bonds is 15. The summed E-state index contributed by atoms with van der Waals surface area (Å²) in [6.07, 6.45) is -0.0728. The third kappa shape index (κ3) is 8.33. The molecule has 0 bridgehead atoms. The maximum atomic E-state index is 14.3. The van der Waals surface area contributed by atoms with Crippen molar-refractivity contribution in [1.82, 2.24) is 10.6 Å². The lowest BCUT2D eigenvalue weighted by molar-refractivity contribution is -0.145. The zero-order valence-electron chi connectivity index (χ0n) is 34.2. The normalized spacial score (nSPS) is 14.1. The first-order valence-electron chi connectivity index (χ1n) is 19.7. The fraction of sp³-hybridized carbons (Fsp3) is 0.312. The number of benzene rings is 5. The van der Waals surface area contributed by atoms with Gasteiger partial charge in [0.05, 0.1) is 45.2 Å². The van der Waals surface area contributed by atoms with Gasteiger partial charge >= 0.3 is 11.9 Å². The number of carboxylic acids is 1. The Morgan fingerprint density at radius 2 is 1.36 bits per heavy atom. The van der Waals surface area contributed by atoms with Crippen LogP contribution in [0.4, 0.5) is 0 Å². The number of aliphatic carboxylic acids is 1. The summed E-state index contributed by atoms with van der Waals surface area (Å²) >= 11 is 0. The quantitative estimate of drug-likeness (QED) is 0.0772. The number of esters is 1. The number of ether oxygens (including phenoxy) is 4. The van der Waals surface area contributed by atoms with Gasteiger partial charge in [0.1, 0.15) is 35.4 Å². The van der Waals surface area contributed by atoms with Crippen molar-refractivity contribution >= 4 is 17.8 Å². The molecule has 1 aliphatic carbocycles. The highest BCUT2D eigenvalue weighted by atomic mass is 16.5. The minimum Gasteiger partial charge on any atom is -0.508 e. The summed E-state index contributed by atoms with van der Waals surface area (Å²) in [6.45, 7) is 7.99. The molecule has 5 aromatic rings. The van der Waals surface area contributed by atoms with Gasteiger partial charge in [-0.2, -0.15) is 0 Å². The third-order valence-corrected chi connectivity index (χ3v) is 11.4. The summed E-state index contributed by atoms with van der Waals surface area (Å²) in [6, 6.07) is 29.6. The van der Waals surface area contributed by atoms with E-state index in [4.69, 9.17) is 18.9 Å². The molecule has 1 atom stereocenters.